The molecule has 0 bridgehead atoms. The predicted molar refractivity (Wildman–Crippen MR) is 69.2 cm³/mol. The maximum atomic E-state index is 2.41. The highest BCUT2D eigenvalue weighted by atomic mass is 14.3. The fraction of sp³-hybridized carbons (Fsp3) is 0.625. The third-order valence-electron chi connectivity index (χ3n) is 4.58. The Hall–Kier alpha value is -0.780. The van der Waals surface area contributed by atoms with Gasteiger partial charge in [0.15, 0.2) is 0 Å². The Balaban J connectivity index is 1.63. The van der Waals surface area contributed by atoms with Gasteiger partial charge in [0.2, 0.25) is 0 Å². The van der Waals surface area contributed by atoms with E-state index in [4.69, 9.17) is 0 Å². The molecule has 3 aliphatic rings. The first-order valence-electron chi connectivity index (χ1n) is 6.99. The van der Waals surface area contributed by atoms with Crippen LogP contribution in [0.4, 0.5) is 0 Å². The Labute approximate surface area is 99.1 Å². The van der Waals surface area contributed by atoms with Gasteiger partial charge in [-0.3, -0.25) is 0 Å². The maximum absolute atomic E-state index is 2.41. The molecule has 0 nitrogen and oxygen atoms in total. The Morgan fingerprint density at radius 3 is 2.81 bits per heavy atom. The molecule has 16 heavy (non-hydrogen) atoms. The van der Waals surface area contributed by atoms with E-state index in [9.17, 15) is 0 Å². The summed E-state index contributed by atoms with van der Waals surface area (Å²) in [5, 5.41) is 0. The lowest BCUT2D eigenvalue weighted by Gasteiger charge is -2.30. The van der Waals surface area contributed by atoms with Crippen LogP contribution in [-0.4, -0.2) is 0 Å². The maximum Gasteiger partial charge on any atom is -0.0125 e. The molecular weight excluding hydrogens is 192 g/mol. The molecule has 1 fully saturated rings. The average molecular weight is 214 g/mol. The van der Waals surface area contributed by atoms with Crippen LogP contribution in [0.25, 0.3) is 0 Å². The highest BCUT2D eigenvalue weighted by Gasteiger charge is 2.23. The van der Waals surface area contributed by atoms with Crippen LogP contribution in [0.3, 0.4) is 0 Å². The van der Waals surface area contributed by atoms with Crippen LogP contribution in [-0.2, 0) is 0 Å². The van der Waals surface area contributed by atoms with Gasteiger partial charge in [-0.25, -0.2) is 0 Å². The van der Waals surface area contributed by atoms with Crippen molar-refractivity contribution in [3.05, 3.63) is 35.5 Å². The minimum absolute atomic E-state index is 0.845. The van der Waals surface area contributed by atoms with Gasteiger partial charge >= 0.3 is 0 Å². The SMILES string of the molecule is C1=CC2=C(C=CCC2CCC2CCC2)CC1. The first-order chi connectivity index (χ1) is 7.93. The van der Waals surface area contributed by atoms with E-state index in [1.165, 1.54) is 51.4 Å². The largest absolute Gasteiger partial charge is 0.0839 e. The van der Waals surface area contributed by atoms with Gasteiger partial charge in [0.25, 0.3) is 0 Å². The molecule has 1 unspecified atom stereocenters. The fourth-order valence-electron chi connectivity index (χ4n) is 3.27. The smallest absolute Gasteiger partial charge is 0.0125 e. The van der Waals surface area contributed by atoms with Crippen LogP contribution in [0.2, 0.25) is 0 Å². The van der Waals surface area contributed by atoms with Crippen molar-refractivity contribution in [3.63, 3.8) is 0 Å². The van der Waals surface area contributed by atoms with Crippen LogP contribution in [0.15, 0.2) is 35.5 Å². The van der Waals surface area contributed by atoms with Crippen LogP contribution < -0.4 is 0 Å². The molecule has 0 aromatic rings. The summed E-state index contributed by atoms with van der Waals surface area (Å²) >= 11 is 0. The monoisotopic (exact) mass is 214 g/mol. The second-order valence-electron chi connectivity index (χ2n) is 5.63. The van der Waals surface area contributed by atoms with Gasteiger partial charge in [-0.15, -0.1) is 0 Å². The summed E-state index contributed by atoms with van der Waals surface area (Å²) in [5.74, 6) is 1.92. The van der Waals surface area contributed by atoms with Gasteiger partial charge in [0, 0.05) is 0 Å². The molecule has 0 aliphatic heterocycles. The lowest BCUT2D eigenvalue weighted by Crippen LogP contribution is -2.15. The summed E-state index contributed by atoms with van der Waals surface area (Å²) in [6.07, 6.45) is 20.8. The Morgan fingerprint density at radius 2 is 2.00 bits per heavy atom. The molecule has 1 saturated carbocycles. The van der Waals surface area contributed by atoms with Gasteiger partial charge in [-0.05, 0) is 55.1 Å². The summed E-state index contributed by atoms with van der Waals surface area (Å²) in [4.78, 5) is 0. The van der Waals surface area contributed by atoms with E-state index in [2.05, 4.69) is 24.3 Å². The summed E-state index contributed by atoms with van der Waals surface area (Å²) in [5.41, 5.74) is 3.31. The van der Waals surface area contributed by atoms with E-state index in [1.54, 1.807) is 11.1 Å². The minimum Gasteiger partial charge on any atom is -0.0839 e. The van der Waals surface area contributed by atoms with E-state index in [0.29, 0.717) is 0 Å². The highest BCUT2D eigenvalue weighted by Crippen LogP contribution is 2.38. The number of hydrogen-bond donors (Lipinski definition) is 0. The molecule has 1 atom stereocenters. The second kappa shape index (κ2) is 4.61. The summed E-state index contributed by atoms with van der Waals surface area (Å²) in [7, 11) is 0. The van der Waals surface area contributed by atoms with E-state index in [1.807, 2.05) is 0 Å². The quantitative estimate of drug-likeness (QED) is 0.633. The predicted octanol–water partition coefficient (Wildman–Crippen LogP) is 4.79. The Bertz CT molecular complexity index is 339. The molecule has 0 radical (unpaired) electrons. The molecule has 0 heterocycles. The number of rotatable bonds is 3. The van der Waals surface area contributed by atoms with Gasteiger partial charge in [0.1, 0.15) is 0 Å². The molecule has 3 aliphatic carbocycles. The summed E-state index contributed by atoms with van der Waals surface area (Å²) < 4.78 is 0. The van der Waals surface area contributed by atoms with Gasteiger partial charge in [0.05, 0.1) is 0 Å². The van der Waals surface area contributed by atoms with Crippen molar-refractivity contribution < 1.29 is 0 Å². The molecule has 0 N–H and O–H groups in total. The molecule has 0 saturated heterocycles. The molecule has 0 amide bonds. The van der Waals surface area contributed by atoms with E-state index >= 15 is 0 Å². The summed E-state index contributed by atoms with van der Waals surface area (Å²) in [6.45, 7) is 0. The fourth-order valence-corrected chi connectivity index (χ4v) is 3.27. The molecule has 0 aromatic heterocycles. The third-order valence-corrected chi connectivity index (χ3v) is 4.58. The van der Waals surface area contributed by atoms with Gasteiger partial charge < -0.3 is 0 Å². The van der Waals surface area contributed by atoms with E-state index in [-0.39, 0.29) is 0 Å². The van der Waals surface area contributed by atoms with Crippen molar-refractivity contribution in [3.8, 4) is 0 Å². The lowest BCUT2D eigenvalue weighted by molar-refractivity contribution is 0.276. The molecule has 86 valence electrons. The second-order valence-corrected chi connectivity index (χ2v) is 5.63. The van der Waals surface area contributed by atoms with Gasteiger partial charge in [-0.1, -0.05) is 43.6 Å². The normalized spacial score (nSPS) is 29.1. The van der Waals surface area contributed by atoms with Crippen molar-refractivity contribution >= 4 is 0 Å². The number of allylic oxidation sites excluding steroid dienone is 6. The molecule has 0 spiro atoms. The molecule has 3 rings (SSSR count). The minimum atomic E-state index is 0.845. The number of hydrogen-bond acceptors (Lipinski definition) is 0. The van der Waals surface area contributed by atoms with E-state index < -0.39 is 0 Å². The Morgan fingerprint density at radius 1 is 1.06 bits per heavy atom. The third kappa shape index (κ3) is 2.03. The molecule has 0 heteroatoms. The van der Waals surface area contributed by atoms with E-state index in [0.717, 1.165) is 11.8 Å². The zero-order valence-electron chi connectivity index (χ0n) is 10.1. The Kier molecular flexibility index (Phi) is 2.99. The topological polar surface area (TPSA) is 0 Å². The van der Waals surface area contributed by atoms with Crippen molar-refractivity contribution in [2.45, 2.75) is 51.4 Å². The van der Waals surface area contributed by atoms with Gasteiger partial charge in [-0.2, -0.15) is 0 Å². The van der Waals surface area contributed by atoms with Crippen molar-refractivity contribution in [1.29, 1.82) is 0 Å². The lowest BCUT2D eigenvalue weighted by atomic mass is 9.76. The highest BCUT2D eigenvalue weighted by molar-refractivity contribution is 5.40. The zero-order valence-corrected chi connectivity index (χ0v) is 10.1. The average Bonchev–Trinajstić information content (AvgIpc) is 2.27. The van der Waals surface area contributed by atoms with Crippen LogP contribution in [0, 0.1) is 11.8 Å². The zero-order chi connectivity index (χ0) is 10.8. The van der Waals surface area contributed by atoms with Crippen molar-refractivity contribution in [1.82, 2.24) is 0 Å². The first kappa shape index (κ1) is 10.4. The van der Waals surface area contributed by atoms with Crippen LogP contribution >= 0.6 is 0 Å². The standard InChI is InChI=1S/C16H22/c1-2-10-16-14(7-1)8-4-9-15(16)12-11-13-5-3-6-13/h2,4,8,10,13,15H,1,3,5-7,9,11-12H2. The summed E-state index contributed by atoms with van der Waals surface area (Å²) in [6, 6.07) is 0. The first-order valence-corrected chi connectivity index (χ1v) is 6.99. The molecule has 0 aromatic carbocycles. The van der Waals surface area contributed by atoms with Crippen molar-refractivity contribution in [2.24, 2.45) is 11.8 Å². The van der Waals surface area contributed by atoms with Crippen LogP contribution in [0.5, 0.6) is 0 Å². The van der Waals surface area contributed by atoms with Crippen LogP contribution in [0.1, 0.15) is 51.4 Å². The molecular formula is C16H22. The van der Waals surface area contributed by atoms with Crippen molar-refractivity contribution in [2.75, 3.05) is 0 Å².